The van der Waals surface area contributed by atoms with Crippen molar-refractivity contribution < 1.29 is 14.3 Å². The molecule has 0 unspecified atom stereocenters. The third kappa shape index (κ3) is 6.77. The predicted molar refractivity (Wildman–Crippen MR) is 133 cm³/mol. The summed E-state index contributed by atoms with van der Waals surface area (Å²) < 4.78 is 6.01. The van der Waals surface area contributed by atoms with Gasteiger partial charge in [-0.15, -0.1) is 0 Å². The van der Waals surface area contributed by atoms with Crippen LogP contribution in [0.3, 0.4) is 0 Å². The summed E-state index contributed by atoms with van der Waals surface area (Å²) in [7, 11) is 0. The highest BCUT2D eigenvalue weighted by atomic mass is 16.5. The summed E-state index contributed by atoms with van der Waals surface area (Å²) in [6, 6.07) is 15.7. The van der Waals surface area contributed by atoms with Crippen LogP contribution in [0.1, 0.15) is 23.4 Å². The van der Waals surface area contributed by atoms with Gasteiger partial charge < -0.3 is 20.7 Å². The maximum Gasteiger partial charge on any atom is 0.232 e. The summed E-state index contributed by atoms with van der Waals surface area (Å²) in [5, 5.41) is 3.35. The fraction of sp³-hybridized carbons (Fsp3) is 0.308. The summed E-state index contributed by atoms with van der Waals surface area (Å²) in [4.78, 5) is 35.9. The highest BCUT2D eigenvalue weighted by Gasteiger charge is 2.22. The molecule has 1 saturated heterocycles. The van der Waals surface area contributed by atoms with E-state index in [0.29, 0.717) is 30.4 Å². The van der Waals surface area contributed by atoms with Crippen molar-refractivity contribution in [2.75, 3.05) is 31.5 Å². The molecule has 2 aromatic heterocycles. The first-order valence-corrected chi connectivity index (χ1v) is 11.6. The fourth-order valence-electron chi connectivity index (χ4n) is 4.02. The SMILES string of the molecule is Cc1ccc(Oc2ccnc(Nc3cccc(CN4CCN(C(=O)CC(N)=O)CC4)c3)c2)c(C)n1. The number of primary amides is 1. The van der Waals surface area contributed by atoms with Crippen LogP contribution < -0.4 is 15.8 Å². The Morgan fingerprint density at radius 1 is 1.06 bits per heavy atom. The number of carbonyl (C=O) groups excluding carboxylic acids is 2. The zero-order valence-electron chi connectivity index (χ0n) is 20.0. The van der Waals surface area contributed by atoms with Crippen LogP contribution in [-0.2, 0) is 16.1 Å². The number of aryl methyl sites for hydroxylation is 2. The van der Waals surface area contributed by atoms with Crippen LogP contribution in [0.5, 0.6) is 11.5 Å². The van der Waals surface area contributed by atoms with Gasteiger partial charge in [-0.25, -0.2) is 4.98 Å². The molecule has 2 amide bonds. The Bertz CT molecular complexity index is 1210. The van der Waals surface area contributed by atoms with Gasteiger partial charge in [0.15, 0.2) is 0 Å². The zero-order chi connectivity index (χ0) is 24.8. The first kappa shape index (κ1) is 24.2. The number of nitrogens with two attached hydrogens (primary N) is 1. The van der Waals surface area contributed by atoms with E-state index in [2.05, 4.69) is 32.3 Å². The lowest BCUT2D eigenvalue weighted by Crippen LogP contribution is -2.48. The smallest absolute Gasteiger partial charge is 0.232 e. The van der Waals surface area contributed by atoms with Crippen molar-refractivity contribution in [2.24, 2.45) is 5.73 Å². The number of nitrogens with zero attached hydrogens (tertiary/aromatic N) is 4. The molecule has 0 radical (unpaired) electrons. The Hall–Kier alpha value is -3.98. The van der Waals surface area contributed by atoms with Gasteiger partial charge in [-0.1, -0.05) is 12.1 Å². The number of pyridine rings is 2. The number of piperazine rings is 1. The molecule has 0 bridgehead atoms. The molecule has 3 aromatic rings. The molecule has 9 nitrogen and oxygen atoms in total. The van der Waals surface area contributed by atoms with Gasteiger partial charge in [0.1, 0.15) is 23.7 Å². The predicted octanol–water partition coefficient (Wildman–Crippen LogP) is 3.15. The normalized spacial score (nSPS) is 13.9. The van der Waals surface area contributed by atoms with E-state index in [9.17, 15) is 9.59 Å². The van der Waals surface area contributed by atoms with Gasteiger partial charge in [0, 0.05) is 56.4 Å². The number of carbonyl (C=O) groups is 2. The molecule has 0 spiro atoms. The molecule has 4 rings (SSSR count). The summed E-state index contributed by atoms with van der Waals surface area (Å²) in [6.45, 7) is 7.32. The minimum Gasteiger partial charge on any atom is -0.455 e. The molecular formula is C26H30N6O3. The fourth-order valence-corrected chi connectivity index (χ4v) is 4.02. The summed E-state index contributed by atoms with van der Waals surface area (Å²) in [6.07, 6.45) is 1.48. The molecule has 3 heterocycles. The Balaban J connectivity index is 1.35. The van der Waals surface area contributed by atoms with Gasteiger partial charge in [-0.05, 0) is 49.7 Å². The number of hydrogen-bond acceptors (Lipinski definition) is 7. The number of benzene rings is 1. The average molecular weight is 475 g/mol. The Labute approximate surface area is 204 Å². The highest BCUT2D eigenvalue weighted by Crippen LogP contribution is 2.26. The van der Waals surface area contributed by atoms with E-state index in [1.54, 1.807) is 11.1 Å². The molecule has 182 valence electrons. The highest BCUT2D eigenvalue weighted by molar-refractivity contribution is 5.96. The molecule has 1 aromatic carbocycles. The van der Waals surface area contributed by atoms with E-state index >= 15 is 0 Å². The van der Waals surface area contributed by atoms with E-state index < -0.39 is 5.91 Å². The van der Waals surface area contributed by atoms with Crippen LogP contribution in [0.15, 0.2) is 54.7 Å². The summed E-state index contributed by atoms with van der Waals surface area (Å²) in [5.41, 5.74) is 9.00. The van der Waals surface area contributed by atoms with Crippen molar-refractivity contribution in [3.8, 4) is 11.5 Å². The van der Waals surface area contributed by atoms with Gasteiger partial charge >= 0.3 is 0 Å². The molecule has 0 saturated carbocycles. The largest absolute Gasteiger partial charge is 0.455 e. The minimum atomic E-state index is -0.587. The van der Waals surface area contributed by atoms with Crippen molar-refractivity contribution >= 4 is 23.3 Å². The second-order valence-electron chi connectivity index (χ2n) is 8.64. The van der Waals surface area contributed by atoms with Crippen molar-refractivity contribution in [3.63, 3.8) is 0 Å². The molecular weight excluding hydrogens is 444 g/mol. The maximum atomic E-state index is 12.0. The van der Waals surface area contributed by atoms with E-state index in [0.717, 1.165) is 42.3 Å². The second kappa shape index (κ2) is 11.0. The van der Waals surface area contributed by atoms with Crippen molar-refractivity contribution in [1.29, 1.82) is 0 Å². The maximum absolute atomic E-state index is 12.0. The molecule has 1 aliphatic rings. The van der Waals surface area contributed by atoms with Crippen LogP contribution in [0, 0.1) is 13.8 Å². The van der Waals surface area contributed by atoms with Crippen molar-refractivity contribution in [1.82, 2.24) is 19.8 Å². The summed E-state index contributed by atoms with van der Waals surface area (Å²) in [5.74, 6) is 1.28. The first-order chi connectivity index (χ1) is 16.9. The number of aromatic nitrogens is 2. The van der Waals surface area contributed by atoms with Gasteiger partial charge in [-0.2, -0.15) is 0 Å². The summed E-state index contributed by atoms with van der Waals surface area (Å²) >= 11 is 0. The Kier molecular flexibility index (Phi) is 7.57. The van der Waals surface area contributed by atoms with Gasteiger partial charge in [0.2, 0.25) is 11.8 Å². The van der Waals surface area contributed by atoms with Gasteiger partial charge in [0.05, 0.1) is 5.69 Å². The molecule has 9 heteroatoms. The number of ether oxygens (including phenoxy) is 1. The molecule has 1 aliphatic heterocycles. The van der Waals surface area contributed by atoms with E-state index in [1.807, 2.05) is 50.2 Å². The third-order valence-corrected chi connectivity index (χ3v) is 5.79. The van der Waals surface area contributed by atoms with Crippen LogP contribution in [0.25, 0.3) is 0 Å². The van der Waals surface area contributed by atoms with E-state index in [-0.39, 0.29) is 12.3 Å². The number of amides is 2. The Morgan fingerprint density at radius 3 is 2.60 bits per heavy atom. The number of nitrogens with one attached hydrogen (secondary N) is 1. The van der Waals surface area contributed by atoms with Crippen LogP contribution in [0.4, 0.5) is 11.5 Å². The van der Waals surface area contributed by atoms with E-state index in [1.165, 1.54) is 0 Å². The topological polar surface area (TPSA) is 114 Å². The zero-order valence-corrected chi connectivity index (χ0v) is 20.0. The Morgan fingerprint density at radius 2 is 1.86 bits per heavy atom. The standard InChI is InChI=1S/C26H30N6O3/c1-18-6-7-23(19(2)29-18)35-22-8-9-28-25(15-22)30-21-5-3-4-20(14-21)17-31-10-12-32(13-11-31)26(34)16-24(27)33/h3-9,14-15H,10-13,16-17H2,1-2H3,(H2,27,33)(H,28,30). The molecule has 35 heavy (non-hydrogen) atoms. The number of anilines is 2. The van der Waals surface area contributed by atoms with Gasteiger partial charge in [-0.3, -0.25) is 19.5 Å². The van der Waals surface area contributed by atoms with Crippen LogP contribution in [0.2, 0.25) is 0 Å². The van der Waals surface area contributed by atoms with Crippen molar-refractivity contribution in [2.45, 2.75) is 26.8 Å². The van der Waals surface area contributed by atoms with Crippen molar-refractivity contribution in [3.05, 3.63) is 71.7 Å². The minimum absolute atomic E-state index is 0.198. The van der Waals surface area contributed by atoms with Crippen LogP contribution >= 0.6 is 0 Å². The number of rotatable bonds is 8. The second-order valence-corrected chi connectivity index (χ2v) is 8.64. The lowest BCUT2D eigenvalue weighted by atomic mass is 10.1. The van der Waals surface area contributed by atoms with Crippen LogP contribution in [-0.4, -0.2) is 57.8 Å². The lowest BCUT2D eigenvalue weighted by molar-refractivity contribution is -0.136. The molecule has 1 fully saturated rings. The van der Waals surface area contributed by atoms with E-state index in [4.69, 9.17) is 10.5 Å². The van der Waals surface area contributed by atoms with Gasteiger partial charge in [0.25, 0.3) is 0 Å². The molecule has 0 atom stereocenters. The molecule has 3 N–H and O–H groups in total. The quantitative estimate of drug-likeness (QED) is 0.482. The molecule has 0 aliphatic carbocycles. The number of hydrogen-bond donors (Lipinski definition) is 2. The average Bonchev–Trinajstić information content (AvgIpc) is 2.81. The third-order valence-electron chi connectivity index (χ3n) is 5.79. The first-order valence-electron chi connectivity index (χ1n) is 11.6. The lowest BCUT2D eigenvalue weighted by Gasteiger charge is -2.34. The monoisotopic (exact) mass is 474 g/mol.